The summed E-state index contributed by atoms with van der Waals surface area (Å²) >= 11 is 0. The summed E-state index contributed by atoms with van der Waals surface area (Å²) in [7, 11) is 0. The van der Waals surface area contributed by atoms with Gasteiger partial charge in [-0.1, -0.05) is 12.1 Å². The highest BCUT2D eigenvalue weighted by molar-refractivity contribution is 5.85. The average molecular weight is 243 g/mol. The van der Waals surface area contributed by atoms with Crippen molar-refractivity contribution in [3.63, 3.8) is 0 Å². The van der Waals surface area contributed by atoms with Crippen molar-refractivity contribution in [2.24, 2.45) is 5.92 Å². The van der Waals surface area contributed by atoms with E-state index in [2.05, 4.69) is 37.4 Å². The highest BCUT2D eigenvalue weighted by atomic mass is 16.3. The van der Waals surface area contributed by atoms with Gasteiger partial charge in [-0.2, -0.15) is 0 Å². The molecule has 2 nitrogen and oxygen atoms in total. The lowest BCUT2D eigenvalue weighted by molar-refractivity contribution is 0.377. The number of hydrogen-bond acceptors (Lipinski definition) is 2. The van der Waals surface area contributed by atoms with Crippen molar-refractivity contribution in [3.8, 4) is 0 Å². The molecule has 0 saturated carbocycles. The normalized spacial score (nSPS) is 20.4. The van der Waals surface area contributed by atoms with E-state index in [1.165, 1.54) is 42.3 Å². The molecule has 1 aromatic carbocycles. The molecule has 1 atom stereocenters. The van der Waals surface area contributed by atoms with Crippen molar-refractivity contribution in [1.82, 2.24) is 5.32 Å². The van der Waals surface area contributed by atoms with Crippen LogP contribution in [0.25, 0.3) is 11.0 Å². The highest BCUT2D eigenvalue weighted by Crippen LogP contribution is 2.30. The van der Waals surface area contributed by atoms with Crippen LogP contribution in [0.1, 0.15) is 29.7 Å². The molecule has 0 aliphatic carbocycles. The van der Waals surface area contributed by atoms with Gasteiger partial charge in [-0.05, 0) is 69.3 Å². The number of fused-ring (bicyclic) bond motifs is 1. The monoisotopic (exact) mass is 243 g/mol. The van der Waals surface area contributed by atoms with Crippen molar-refractivity contribution in [2.75, 3.05) is 13.1 Å². The van der Waals surface area contributed by atoms with Crippen LogP contribution in [0.5, 0.6) is 0 Å². The van der Waals surface area contributed by atoms with E-state index in [1.807, 2.05) is 0 Å². The van der Waals surface area contributed by atoms with Gasteiger partial charge in [-0.3, -0.25) is 0 Å². The van der Waals surface area contributed by atoms with Crippen molar-refractivity contribution in [1.29, 1.82) is 0 Å². The van der Waals surface area contributed by atoms with Gasteiger partial charge in [-0.15, -0.1) is 0 Å². The summed E-state index contributed by atoms with van der Waals surface area (Å²) < 4.78 is 5.81. The number of piperidine rings is 1. The first-order valence-corrected chi connectivity index (χ1v) is 6.94. The van der Waals surface area contributed by atoms with E-state index in [4.69, 9.17) is 4.42 Å². The summed E-state index contributed by atoms with van der Waals surface area (Å²) in [5, 5.41) is 4.85. The third kappa shape index (κ3) is 2.05. The number of nitrogens with one attached hydrogen (secondary N) is 1. The van der Waals surface area contributed by atoms with Gasteiger partial charge in [0.2, 0.25) is 0 Å². The van der Waals surface area contributed by atoms with Gasteiger partial charge in [0, 0.05) is 5.39 Å². The van der Waals surface area contributed by atoms with Gasteiger partial charge < -0.3 is 9.73 Å². The quantitative estimate of drug-likeness (QED) is 0.872. The van der Waals surface area contributed by atoms with Crippen LogP contribution in [0, 0.1) is 19.8 Å². The van der Waals surface area contributed by atoms with Crippen LogP contribution in [0.4, 0.5) is 0 Å². The van der Waals surface area contributed by atoms with Crippen molar-refractivity contribution in [3.05, 3.63) is 35.1 Å². The molecule has 0 radical (unpaired) electrons. The van der Waals surface area contributed by atoms with E-state index < -0.39 is 0 Å². The van der Waals surface area contributed by atoms with Crippen LogP contribution in [0.3, 0.4) is 0 Å². The Hall–Kier alpha value is -1.28. The minimum absolute atomic E-state index is 0.777. The van der Waals surface area contributed by atoms with E-state index in [1.54, 1.807) is 0 Å². The Balaban J connectivity index is 1.95. The predicted octanol–water partition coefficient (Wildman–Crippen LogP) is 3.59. The molecule has 1 aromatic heterocycles. The first kappa shape index (κ1) is 11.8. The molecule has 1 N–H and O–H groups in total. The standard InChI is InChI=1S/C16H21NO/c1-11-12(2)18-15-7-3-6-14(16(11)15)9-13-5-4-8-17-10-13/h3,6-7,13,17H,4-5,8-10H2,1-2H3. The molecule has 1 aliphatic rings. The number of hydrogen-bond donors (Lipinski definition) is 1. The second-order valence-electron chi connectivity index (χ2n) is 5.49. The van der Waals surface area contributed by atoms with E-state index in [-0.39, 0.29) is 0 Å². The summed E-state index contributed by atoms with van der Waals surface area (Å²) in [6, 6.07) is 6.47. The Morgan fingerprint density at radius 1 is 1.33 bits per heavy atom. The molecule has 1 saturated heterocycles. The minimum atomic E-state index is 0.777. The molecule has 18 heavy (non-hydrogen) atoms. The highest BCUT2D eigenvalue weighted by Gasteiger charge is 2.17. The summed E-state index contributed by atoms with van der Waals surface area (Å²) in [5.41, 5.74) is 3.81. The fourth-order valence-electron chi connectivity index (χ4n) is 3.08. The molecule has 0 bridgehead atoms. The van der Waals surface area contributed by atoms with Gasteiger partial charge in [0.1, 0.15) is 11.3 Å². The first-order valence-electron chi connectivity index (χ1n) is 6.94. The van der Waals surface area contributed by atoms with E-state index in [9.17, 15) is 0 Å². The number of benzene rings is 1. The fraction of sp³-hybridized carbons (Fsp3) is 0.500. The molecule has 1 aliphatic heterocycles. The van der Waals surface area contributed by atoms with Crippen molar-refractivity contribution >= 4 is 11.0 Å². The maximum atomic E-state index is 5.81. The maximum absolute atomic E-state index is 5.81. The second-order valence-corrected chi connectivity index (χ2v) is 5.49. The van der Waals surface area contributed by atoms with Crippen LogP contribution >= 0.6 is 0 Å². The van der Waals surface area contributed by atoms with Crippen LogP contribution in [-0.2, 0) is 6.42 Å². The van der Waals surface area contributed by atoms with Crippen molar-refractivity contribution < 1.29 is 4.42 Å². The summed E-state index contributed by atoms with van der Waals surface area (Å²) in [6.07, 6.45) is 3.83. The Morgan fingerprint density at radius 2 is 2.22 bits per heavy atom. The van der Waals surface area contributed by atoms with Gasteiger partial charge in [0.25, 0.3) is 0 Å². The van der Waals surface area contributed by atoms with E-state index >= 15 is 0 Å². The lowest BCUT2D eigenvalue weighted by atomic mass is 9.90. The minimum Gasteiger partial charge on any atom is -0.461 e. The zero-order valence-corrected chi connectivity index (χ0v) is 11.3. The average Bonchev–Trinajstić information content (AvgIpc) is 2.67. The van der Waals surface area contributed by atoms with E-state index in [0.717, 1.165) is 23.8 Å². The number of rotatable bonds is 2. The Labute approximate surface area is 108 Å². The first-order chi connectivity index (χ1) is 8.75. The lowest BCUT2D eigenvalue weighted by Crippen LogP contribution is -2.30. The molecule has 0 spiro atoms. The SMILES string of the molecule is Cc1oc2cccc(CC3CCCNC3)c2c1C. The molecule has 1 unspecified atom stereocenters. The topological polar surface area (TPSA) is 25.2 Å². The maximum Gasteiger partial charge on any atom is 0.134 e. The molecule has 2 heterocycles. The van der Waals surface area contributed by atoms with Gasteiger partial charge in [-0.25, -0.2) is 0 Å². The Bertz CT molecular complexity index is 549. The van der Waals surface area contributed by atoms with Gasteiger partial charge in [0.15, 0.2) is 0 Å². The number of aryl methyl sites for hydroxylation is 2. The summed E-state index contributed by atoms with van der Waals surface area (Å²) in [5.74, 6) is 1.83. The second kappa shape index (κ2) is 4.77. The predicted molar refractivity (Wildman–Crippen MR) is 75.0 cm³/mol. The summed E-state index contributed by atoms with van der Waals surface area (Å²) in [4.78, 5) is 0. The molecule has 96 valence electrons. The van der Waals surface area contributed by atoms with Crippen LogP contribution in [0.2, 0.25) is 0 Å². The third-order valence-corrected chi connectivity index (χ3v) is 4.19. The Morgan fingerprint density at radius 3 is 3.00 bits per heavy atom. The third-order valence-electron chi connectivity index (χ3n) is 4.19. The molecular weight excluding hydrogens is 222 g/mol. The number of furan rings is 1. The smallest absolute Gasteiger partial charge is 0.134 e. The molecule has 1 fully saturated rings. The zero-order chi connectivity index (χ0) is 12.5. The van der Waals surface area contributed by atoms with Gasteiger partial charge in [0.05, 0.1) is 0 Å². The molecule has 2 aromatic rings. The summed E-state index contributed by atoms with van der Waals surface area (Å²) in [6.45, 7) is 6.57. The molecule has 3 rings (SSSR count). The molecule has 2 heteroatoms. The van der Waals surface area contributed by atoms with Gasteiger partial charge >= 0.3 is 0 Å². The van der Waals surface area contributed by atoms with E-state index in [0.29, 0.717) is 0 Å². The van der Waals surface area contributed by atoms with Crippen LogP contribution in [0.15, 0.2) is 22.6 Å². The largest absolute Gasteiger partial charge is 0.461 e. The zero-order valence-electron chi connectivity index (χ0n) is 11.3. The van der Waals surface area contributed by atoms with Crippen LogP contribution in [-0.4, -0.2) is 13.1 Å². The molecule has 0 amide bonds. The fourth-order valence-corrected chi connectivity index (χ4v) is 3.08. The Kier molecular flexibility index (Phi) is 3.13. The lowest BCUT2D eigenvalue weighted by Gasteiger charge is -2.23. The van der Waals surface area contributed by atoms with Crippen molar-refractivity contribution in [2.45, 2.75) is 33.1 Å². The molecular formula is C16H21NO. The van der Waals surface area contributed by atoms with Crippen LogP contribution < -0.4 is 5.32 Å².